The highest BCUT2D eigenvalue weighted by molar-refractivity contribution is 5.94. The van der Waals surface area contributed by atoms with Gasteiger partial charge in [-0.1, -0.05) is 12.1 Å². The third-order valence-corrected chi connectivity index (χ3v) is 4.81. The van der Waals surface area contributed by atoms with Gasteiger partial charge in [0.1, 0.15) is 5.75 Å². The molecule has 2 aromatic rings. The summed E-state index contributed by atoms with van der Waals surface area (Å²) < 4.78 is 5.24. The van der Waals surface area contributed by atoms with Crippen molar-refractivity contribution in [3.05, 3.63) is 65.2 Å². The van der Waals surface area contributed by atoms with Crippen molar-refractivity contribution in [1.82, 2.24) is 10.2 Å². The summed E-state index contributed by atoms with van der Waals surface area (Å²) in [6.07, 6.45) is 2.38. The number of carbonyl (C=O) groups is 1. The Morgan fingerprint density at radius 3 is 2.38 bits per heavy atom. The molecule has 1 fully saturated rings. The molecule has 1 atom stereocenters. The number of hydrogen-bond donors (Lipinski definition) is 1. The van der Waals surface area contributed by atoms with Crippen molar-refractivity contribution in [1.29, 1.82) is 5.26 Å². The second kappa shape index (κ2) is 8.50. The topological polar surface area (TPSA) is 65.4 Å². The minimum atomic E-state index is -0.118. The van der Waals surface area contributed by atoms with E-state index in [0.717, 1.165) is 18.8 Å². The van der Waals surface area contributed by atoms with Gasteiger partial charge < -0.3 is 10.1 Å². The lowest BCUT2D eigenvalue weighted by Gasteiger charge is -2.28. The highest BCUT2D eigenvalue weighted by Crippen LogP contribution is 2.26. The van der Waals surface area contributed by atoms with E-state index in [0.29, 0.717) is 17.7 Å². The van der Waals surface area contributed by atoms with Crippen LogP contribution < -0.4 is 10.1 Å². The van der Waals surface area contributed by atoms with Crippen molar-refractivity contribution in [2.75, 3.05) is 26.7 Å². The van der Waals surface area contributed by atoms with Crippen LogP contribution in [-0.2, 0) is 0 Å². The number of nitrogens with one attached hydrogen (secondary N) is 1. The van der Waals surface area contributed by atoms with Gasteiger partial charge in [0.05, 0.1) is 24.8 Å². The van der Waals surface area contributed by atoms with E-state index >= 15 is 0 Å². The third kappa shape index (κ3) is 4.22. The molecule has 2 aromatic carbocycles. The maximum absolute atomic E-state index is 12.5. The lowest BCUT2D eigenvalue weighted by molar-refractivity contribution is 0.0938. The van der Waals surface area contributed by atoms with E-state index in [1.807, 2.05) is 12.1 Å². The van der Waals surface area contributed by atoms with Crippen molar-refractivity contribution in [2.45, 2.75) is 18.9 Å². The van der Waals surface area contributed by atoms with Crippen molar-refractivity contribution >= 4 is 5.91 Å². The Balaban J connectivity index is 1.70. The van der Waals surface area contributed by atoms with Crippen LogP contribution in [0.25, 0.3) is 0 Å². The van der Waals surface area contributed by atoms with E-state index in [1.165, 1.54) is 18.4 Å². The Morgan fingerprint density at radius 1 is 1.15 bits per heavy atom. The first-order chi connectivity index (χ1) is 12.7. The maximum Gasteiger partial charge on any atom is 0.251 e. The summed E-state index contributed by atoms with van der Waals surface area (Å²) in [5.41, 5.74) is 2.29. The molecule has 0 aliphatic carbocycles. The fourth-order valence-electron chi connectivity index (χ4n) is 3.32. The molecule has 0 radical (unpaired) electrons. The molecule has 26 heavy (non-hydrogen) atoms. The summed E-state index contributed by atoms with van der Waals surface area (Å²) in [4.78, 5) is 14.9. The molecule has 0 aromatic heterocycles. The van der Waals surface area contributed by atoms with Crippen molar-refractivity contribution in [3.63, 3.8) is 0 Å². The van der Waals surface area contributed by atoms with Crippen LogP contribution in [0.15, 0.2) is 48.5 Å². The number of amides is 1. The number of nitriles is 1. The summed E-state index contributed by atoms with van der Waals surface area (Å²) in [5.74, 6) is 0.711. The molecular formula is C21H23N3O2. The molecule has 1 aliphatic rings. The van der Waals surface area contributed by atoms with Crippen molar-refractivity contribution in [3.8, 4) is 11.8 Å². The summed E-state index contributed by atoms with van der Waals surface area (Å²) in [7, 11) is 1.66. The Hall–Kier alpha value is -2.84. The van der Waals surface area contributed by atoms with Gasteiger partial charge in [-0.3, -0.25) is 9.69 Å². The van der Waals surface area contributed by atoms with Gasteiger partial charge in [0.15, 0.2) is 0 Å². The molecule has 1 N–H and O–H groups in total. The van der Waals surface area contributed by atoms with Gasteiger partial charge in [-0.15, -0.1) is 0 Å². The zero-order valence-electron chi connectivity index (χ0n) is 14.9. The van der Waals surface area contributed by atoms with Gasteiger partial charge in [0, 0.05) is 12.1 Å². The maximum atomic E-state index is 12.5. The van der Waals surface area contributed by atoms with Gasteiger partial charge in [0.2, 0.25) is 0 Å². The second-order valence-corrected chi connectivity index (χ2v) is 6.43. The minimum Gasteiger partial charge on any atom is -0.497 e. The Labute approximate surface area is 154 Å². The molecule has 1 saturated heterocycles. The predicted molar refractivity (Wildman–Crippen MR) is 100 cm³/mol. The van der Waals surface area contributed by atoms with E-state index in [9.17, 15) is 4.79 Å². The fraction of sp³-hybridized carbons (Fsp3) is 0.333. The van der Waals surface area contributed by atoms with Crippen LogP contribution >= 0.6 is 0 Å². The van der Waals surface area contributed by atoms with E-state index in [2.05, 4.69) is 28.4 Å². The molecule has 134 valence electrons. The van der Waals surface area contributed by atoms with Crippen LogP contribution in [0, 0.1) is 11.3 Å². The van der Waals surface area contributed by atoms with E-state index in [-0.39, 0.29) is 11.9 Å². The number of rotatable bonds is 6. The van der Waals surface area contributed by atoms with Crippen LogP contribution in [0.3, 0.4) is 0 Å². The van der Waals surface area contributed by atoms with Crippen LogP contribution in [-0.4, -0.2) is 37.6 Å². The van der Waals surface area contributed by atoms with Gasteiger partial charge in [-0.25, -0.2) is 0 Å². The molecule has 1 unspecified atom stereocenters. The number of carbonyl (C=O) groups excluding carboxylic acids is 1. The molecular weight excluding hydrogens is 326 g/mol. The number of ether oxygens (including phenoxy) is 1. The Bertz CT molecular complexity index is 772. The van der Waals surface area contributed by atoms with E-state index < -0.39 is 0 Å². The summed E-state index contributed by atoms with van der Waals surface area (Å²) in [6, 6.07) is 17.0. The summed E-state index contributed by atoms with van der Waals surface area (Å²) in [6.45, 7) is 2.64. The first-order valence-corrected chi connectivity index (χ1v) is 8.87. The zero-order valence-corrected chi connectivity index (χ0v) is 14.9. The second-order valence-electron chi connectivity index (χ2n) is 6.43. The van der Waals surface area contributed by atoms with Crippen LogP contribution in [0.5, 0.6) is 5.75 Å². The first kappa shape index (κ1) is 18.0. The molecule has 1 heterocycles. The average molecular weight is 349 g/mol. The smallest absolute Gasteiger partial charge is 0.251 e. The number of hydrogen-bond acceptors (Lipinski definition) is 4. The standard InChI is InChI=1S/C21H23N3O2/c1-26-19-10-8-17(9-11-19)20(24-12-2-3-13-24)15-23-21(25)18-6-4-16(14-22)5-7-18/h4-11,20H,2-3,12-13,15H2,1H3,(H,23,25). The molecule has 5 nitrogen and oxygen atoms in total. The molecule has 1 amide bonds. The van der Waals surface area contributed by atoms with Gasteiger partial charge >= 0.3 is 0 Å². The van der Waals surface area contributed by atoms with Gasteiger partial charge in [0.25, 0.3) is 5.91 Å². The molecule has 1 aliphatic heterocycles. The SMILES string of the molecule is COc1ccc(C(CNC(=O)c2ccc(C#N)cc2)N2CCCC2)cc1. The van der Waals surface area contributed by atoms with Crippen LogP contribution in [0.1, 0.15) is 40.4 Å². The fourth-order valence-corrected chi connectivity index (χ4v) is 3.32. The minimum absolute atomic E-state index is 0.118. The zero-order chi connectivity index (χ0) is 18.4. The summed E-state index contributed by atoms with van der Waals surface area (Å²) >= 11 is 0. The third-order valence-electron chi connectivity index (χ3n) is 4.81. The number of nitrogens with zero attached hydrogens (tertiary/aromatic N) is 2. The van der Waals surface area contributed by atoms with E-state index in [4.69, 9.17) is 10.00 Å². The Kier molecular flexibility index (Phi) is 5.88. The predicted octanol–water partition coefficient (Wildman–Crippen LogP) is 3.13. The highest BCUT2D eigenvalue weighted by atomic mass is 16.5. The normalized spacial score (nSPS) is 15.2. The quantitative estimate of drug-likeness (QED) is 0.870. The average Bonchev–Trinajstić information content (AvgIpc) is 3.23. The van der Waals surface area contributed by atoms with Crippen LogP contribution in [0.4, 0.5) is 0 Å². The molecule has 0 saturated carbocycles. The van der Waals surface area contributed by atoms with Gasteiger partial charge in [-0.05, 0) is 67.9 Å². The highest BCUT2D eigenvalue weighted by Gasteiger charge is 2.24. The largest absolute Gasteiger partial charge is 0.497 e. The van der Waals surface area contributed by atoms with Gasteiger partial charge in [-0.2, -0.15) is 5.26 Å². The number of methoxy groups -OCH3 is 1. The molecule has 0 bridgehead atoms. The molecule has 3 rings (SSSR count). The lowest BCUT2D eigenvalue weighted by atomic mass is 10.0. The lowest BCUT2D eigenvalue weighted by Crippen LogP contribution is -2.36. The first-order valence-electron chi connectivity index (χ1n) is 8.87. The Morgan fingerprint density at radius 2 is 1.81 bits per heavy atom. The van der Waals surface area contributed by atoms with Crippen LogP contribution in [0.2, 0.25) is 0 Å². The van der Waals surface area contributed by atoms with Crippen molar-refractivity contribution in [2.24, 2.45) is 0 Å². The summed E-state index contributed by atoms with van der Waals surface area (Å²) in [5, 5.41) is 11.9. The van der Waals surface area contributed by atoms with Crippen molar-refractivity contribution < 1.29 is 9.53 Å². The van der Waals surface area contributed by atoms with E-state index in [1.54, 1.807) is 31.4 Å². The number of benzene rings is 2. The number of likely N-dealkylation sites (tertiary alicyclic amines) is 1. The monoisotopic (exact) mass is 349 g/mol. The molecule has 5 heteroatoms. The molecule has 0 spiro atoms.